The third kappa shape index (κ3) is 2.14. The number of aromatic nitrogens is 2. The lowest BCUT2D eigenvalue weighted by Crippen LogP contribution is -2.26. The van der Waals surface area contributed by atoms with Gasteiger partial charge in [-0.3, -0.25) is 9.48 Å². The Hall–Kier alpha value is -1.16. The van der Waals surface area contributed by atoms with Gasteiger partial charge in [0.25, 0.3) is 0 Å². The topological polar surface area (TPSA) is 44.1 Å². The van der Waals surface area contributed by atoms with E-state index in [0.717, 1.165) is 19.3 Å². The van der Waals surface area contributed by atoms with Crippen LogP contribution in [0.25, 0.3) is 0 Å². The summed E-state index contributed by atoms with van der Waals surface area (Å²) in [5.41, 5.74) is 0.823. The van der Waals surface area contributed by atoms with Crippen LogP contribution in [0.2, 0.25) is 0 Å². The Bertz CT molecular complexity index is 407. The van der Waals surface area contributed by atoms with Gasteiger partial charge >= 0.3 is 0 Å². The average molecular weight is 234 g/mol. The van der Waals surface area contributed by atoms with E-state index in [1.54, 1.807) is 12.4 Å². The standard InChI is InChI=1S/C13H18N2O2/c16-10-11-7-14-15(8-11)9-12-3-6-13(17-12)4-1-2-5-13/h7-8,10,12H,1-6,9H2. The summed E-state index contributed by atoms with van der Waals surface area (Å²) in [5.74, 6) is 0. The maximum absolute atomic E-state index is 10.6. The smallest absolute Gasteiger partial charge is 0.153 e. The number of nitrogens with zero attached hydrogens (tertiary/aromatic N) is 2. The van der Waals surface area contributed by atoms with Crippen molar-refractivity contribution in [3.05, 3.63) is 18.0 Å². The van der Waals surface area contributed by atoms with Crippen molar-refractivity contribution >= 4 is 6.29 Å². The number of hydrogen-bond donors (Lipinski definition) is 0. The van der Waals surface area contributed by atoms with Crippen molar-refractivity contribution < 1.29 is 9.53 Å². The van der Waals surface area contributed by atoms with E-state index >= 15 is 0 Å². The summed E-state index contributed by atoms with van der Waals surface area (Å²) in [6.45, 7) is 0.773. The number of hydrogen-bond acceptors (Lipinski definition) is 3. The molecule has 1 saturated carbocycles. The molecule has 2 fully saturated rings. The lowest BCUT2D eigenvalue weighted by atomic mass is 9.98. The van der Waals surface area contributed by atoms with Crippen molar-refractivity contribution in [3.8, 4) is 0 Å². The Morgan fingerprint density at radius 1 is 1.47 bits per heavy atom. The van der Waals surface area contributed by atoms with Crippen LogP contribution >= 0.6 is 0 Å². The van der Waals surface area contributed by atoms with E-state index in [-0.39, 0.29) is 11.7 Å². The molecule has 92 valence electrons. The quantitative estimate of drug-likeness (QED) is 0.753. The van der Waals surface area contributed by atoms with Gasteiger partial charge in [-0.15, -0.1) is 0 Å². The van der Waals surface area contributed by atoms with Crippen LogP contribution in [0.15, 0.2) is 12.4 Å². The zero-order valence-corrected chi connectivity index (χ0v) is 9.97. The number of rotatable bonds is 3. The van der Waals surface area contributed by atoms with Crippen molar-refractivity contribution in [2.45, 2.75) is 56.8 Å². The first-order chi connectivity index (χ1) is 8.30. The molecule has 0 aromatic carbocycles. The number of aldehydes is 1. The molecule has 1 atom stereocenters. The van der Waals surface area contributed by atoms with Crippen LogP contribution < -0.4 is 0 Å². The predicted molar refractivity (Wildman–Crippen MR) is 62.9 cm³/mol. The lowest BCUT2D eigenvalue weighted by Gasteiger charge is -2.23. The molecule has 1 aromatic rings. The van der Waals surface area contributed by atoms with Crippen LogP contribution in [-0.2, 0) is 11.3 Å². The van der Waals surface area contributed by atoms with Gasteiger partial charge in [-0.05, 0) is 25.7 Å². The zero-order valence-electron chi connectivity index (χ0n) is 9.97. The Kier molecular flexibility index (Phi) is 2.74. The highest BCUT2D eigenvalue weighted by molar-refractivity contribution is 5.73. The number of ether oxygens (including phenoxy) is 1. The maximum Gasteiger partial charge on any atom is 0.153 e. The monoisotopic (exact) mass is 234 g/mol. The van der Waals surface area contributed by atoms with Gasteiger partial charge in [0.1, 0.15) is 0 Å². The third-order valence-corrected chi connectivity index (χ3v) is 4.03. The fourth-order valence-electron chi connectivity index (χ4n) is 3.16. The van der Waals surface area contributed by atoms with Crippen molar-refractivity contribution in [1.29, 1.82) is 0 Å². The molecule has 17 heavy (non-hydrogen) atoms. The Morgan fingerprint density at radius 2 is 2.29 bits per heavy atom. The molecule has 1 saturated heterocycles. The van der Waals surface area contributed by atoms with E-state index in [9.17, 15) is 4.79 Å². The second-order valence-corrected chi connectivity index (χ2v) is 5.28. The molecule has 0 radical (unpaired) electrons. The molecule has 1 aliphatic heterocycles. The van der Waals surface area contributed by atoms with Gasteiger partial charge in [0.2, 0.25) is 0 Å². The normalized spacial score (nSPS) is 26.7. The molecule has 1 aliphatic carbocycles. The first-order valence-corrected chi connectivity index (χ1v) is 6.45. The molecule has 2 heterocycles. The summed E-state index contributed by atoms with van der Waals surface area (Å²) in [4.78, 5) is 10.6. The second kappa shape index (κ2) is 4.26. The summed E-state index contributed by atoms with van der Waals surface area (Å²) in [6.07, 6.45) is 11.9. The zero-order chi connectivity index (χ0) is 11.7. The van der Waals surface area contributed by atoms with Crippen molar-refractivity contribution in [3.63, 3.8) is 0 Å². The molecule has 0 bridgehead atoms. The van der Waals surface area contributed by atoms with Gasteiger partial charge in [0.15, 0.2) is 6.29 Å². The lowest BCUT2D eigenvalue weighted by molar-refractivity contribution is -0.0429. The van der Waals surface area contributed by atoms with Gasteiger partial charge in [-0.1, -0.05) is 12.8 Å². The van der Waals surface area contributed by atoms with E-state index in [0.29, 0.717) is 5.56 Å². The third-order valence-electron chi connectivity index (χ3n) is 4.03. The summed E-state index contributed by atoms with van der Waals surface area (Å²) in [5, 5.41) is 4.17. The molecule has 4 heteroatoms. The van der Waals surface area contributed by atoms with Crippen LogP contribution in [0.3, 0.4) is 0 Å². The highest BCUT2D eigenvalue weighted by Crippen LogP contribution is 2.43. The van der Waals surface area contributed by atoms with Gasteiger partial charge in [0, 0.05) is 6.20 Å². The molecular formula is C13H18N2O2. The highest BCUT2D eigenvalue weighted by Gasteiger charge is 2.42. The summed E-state index contributed by atoms with van der Waals surface area (Å²) in [6, 6.07) is 0. The molecule has 0 amide bonds. The molecule has 0 N–H and O–H groups in total. The second-order valence-electron chi connectivity index (χ2n) is 5.28. The van der Waals surface area contributed by atoms with E-state index in [4.69, 9.17) is 4.74 Å². The van der Waals surface area contributed by atoms with Crippen LogP contribution in [0.5, 0.6) is 0 Å². The minimum absolute atomic E-state index is 0.186. The Balaban J connectivity index is 1.61. The molecule has 4 nitrogen and oxygen atoms in total. The van der Waals surface area contributed by atoms with E-state index in [1.165, 1.54) is 32.1 Å². The number of carbonyl (C=O) groups excluding carboxylic acids is 1. The van der Waals surface area contributed by atoms with E-state index in [2.05, 4.69) is 5.10 Å². The van der Waals surface area contributed by atoms with Gasteiger partial charge < -0.3 is 4.74 Å². The van der Waals surface area contributed by atoms with Gasteiger partial charge in [-0.25, -0.2) is 0 Å². The van der Waals surface area contributed by atoms with E-state index < -0.39 is 0 Å². The molecular weight excluding hydrogens is 216 g/mol. The van der Waals surface area contributed by atoms with Crippen LogP contribution in [0.1, 0.15) is 48.9 Å². The SMILES string of the molecule is O=Cc1cnn(CC2CCC3(CCCC3)O2)c1. The van der Waals surface area contributed by atoms with Crippen LogP contribution in [-0.4, -0.2) is 27.8 Å². The van der Waals surface area contributed by atoms with Crippen molar-refractivity contribution in [2.24, 2.45) is 0 Å². The largest absolute Gasteiger partial charge is 0.370 e. The predicted octanol–water partition coefficient (Wildman–Crippen LogP) is 2.19. The Morgan fingerprint density at radius 3 is 3.00 bits per heavy atom. The van der Waals surface area contributed by atoms with Crippen molar-refractivity contribution in [2.75, 3.05) is 0 Å². The number of carbonyl (C=O) groups is 1. The first-order valence-electron chi connectivity index (χ1n) is 6.45. The average Bonchev–Trinajstić information content (AvgIpc) is 3.03. The summed E-state index contributed by atoms with van der Waals surface area (Å²) >= 11 is 0. The maximum atomic E-state index is 10.6. The van der Waals surface area contributed by atoms with Crippen LogP contribution in [0.4, 0.5) is 0 Å². The fraction of sp³-hybridized carbons (Fsp3) is 0.692. The highest BCUT2D eigenvalue weighted by atomic mass is 16.5. The van der Waals surface area contributed by atoms with Crippen molar-refractivity contribution in [1.82, 2.24) is 9.78 Å². The summed E-state index contributed by atoms with van der Waals surface area (Å²) in [7, 11) is 0. The molecule has 1 spiro atoms. The molecule has 2 aliphatic rings. The Labute approximate surface area is 101 Å². The molecule has 1 unspecified atom stereocenters. The minimum atomic E-state index is 0.186. The minimum Gasteiger partial charge on any atom is -0.370 e. The summed E-state index contributed by atoms with van der Waals surface area (Å²) < 4.78 is 8.03. The van der Waals surface area contributed by atoms with Gasteiger partial charge in [-0.2, -0.15) is 5.10 Å². The first kappa shape index (κ1) is 11.0. The fourth-order valence-corrected chi connectivity index (χ4v) is 3.16. The van der Waals surface area contributed by atoms with E-state index in [1.807, 2.05) is 4.68 Å². The molecule has 3 rings (SSSR count). The van der Waals surface area contributed by atoms with Crippen LogP contribution in [0, 0.1) is 0 Å². The molecule has 1 aromatic heterocycles. The van der Waals surface area contributed by atoms with Gasteiger partial charge in [0.05, 0.1) is 30.0 Å².